The molecular weight excluding hydrogens is 591 g/mol. The molecule has 5 aromatic rings. The fourth-order valence-corrected chi connectivity index (χ4v) is 9.84. The van der Waals surface area contributed by atoms with Gasteiger partial charge in [-0.15, -0.1) is 11.3 Å². The summed E-state index contributed by atoms with van der Waals surface area (Å²) in [5, 5.41) is 5.26. The molecule has 9 rings (SSSR count). The lowest BCUT2D eigenvalue weighted by atomic mass is 9.81. The summed E-state index contributed by atoms with van der Waals surface area (Å²) in [4.78, 5) is 29.8. The van der Waals surface area contributed by atoms with Crippen molar-refractivity contribution in [3.63, 3.8) is 0 Å². The summed E-state index contributed by atoms with van der Waals surface area (Å²) < 4.78 is 9.60. The number of aryl methyl sites for hydroxylation is 1. The Kier molecular flexibility index (Phi) is 6.40. The highest BCUT2D eigenvalue weighted by Crippen LogP contribution is 2.47. The molecule has 1 saturated heterocycles. The number of likely N-dealkylation sites (tertiary alicyclic amines) is 1. The minimum Gasteiger partial charge on any atom is -0.496 e. The lowest BCUT2D eigenvalue weighted by molar-refractivity contribution is 0.0714. The predicted molar refractivity (Wildman–Crippen MR) is 185 cm³/mol. The van der Waals surface area contributed by atoms with E-state index in [-0.39, 0.29) is 11.8 Å². The van der Waals surface area contributed by atoms with Crippen LogP contribution < -0.4 is 10.1 Å². The molecule has 2 aliphatic heterocycles. The van der Waals surface area contributed by atoms with Gasteiger partial charge in [0.05, 0.1) is 17.7 Å². The molecule has 46 heavy (non-hydrogen) atoms. The van der Waals surface area contributed by atoms with Gasteiger partial charge in [-0.25, -0.2) is 0 Å². The molecule has 2 amide bonds. The van der Waals surface area contributed by atoms with Crippen molar-refractivity contribution in [3.8, 4) is 27.4 Å². The van der Waals surface area contributed by atoms with E-state index in [9.17, 15) is 9.59 Å². The molecule has 2 aromatic heterocycles. The average Bonchev–Trinajstić information content (AvgIpc) is 3.56. The third-order valence-electron chi connectivity index (χ3n) is 11.4. The number of hydrogen-bond acceptors (Lipinski definition) is 4. The van der Waals surface area contributed by atoms with Crippen LogP contribution >= 0.6 is 11.3 Å². The second-order valence-electron chi connectivity index (χ2n) is 14.1. The number of methoxy groups -OCH3 is 1. The van der Waals surface area contributed by atoms with Crippen LogP contribution in [0.4, 0.5) is 0 Å². The van der Waals surface area contributed by atoms with Crippen LogP contribution in [0.25, 0.3) is 42.7 Å². The molecule has 0 spiro atoms. The molecule has 4 aliphatic rings. The third-order valence-corrected chi connectivity index (χ3v) is 12.6. The van der Waals surface area contributed by atoms with Crippen LogP contribution in [0.3, 0.4) is 0 Å². The van der Waals surface area contributed by atoms with E-state index < -0.39 is 0 Å². The number of nitrogens with zero attached hydrogens (tertiary/aromatic N) is 2. The number of ether oxygens (including phenoxy) is 1. The summed E-state index contributed by atoms with van der Waals surface area (Å²) in [6.07, 6.45) is 6.10. The van der Waals surface area contributed by atoms with Gasteiger partial charge in [-0.3, -0.25) is 9.59 Å². The number of hydrogen-bond donors (Lipinski definition) is 1. The van der Waals surface area contributed by atoms with E-state index in [0.717, 1.165) is 63.2 Å². The number of nitrogens with one attached hydrogen (secondary N) is 1. The molecule has 234 valence electrons. The molecule has 2 aliphatic carbocycles. The van der Waals surface area contributed by atoms with Gasteiger partial charge in [0, 0.05) is 57.8 Å². The van der Waals surface area contributed by atoms with Crippen molar-refractivity contribution in [1.29, 1.82) is 0 Å². The number of thiophene rings is 1. The predicted octanol–water partition coefficient (Wildman–Crippen LogP) is 8.42. The number of carbonyl (C=O) groups is 2. The summed E-state index contributed by atoms with van der Waals surface area (Å²) in [6.45, 7) is 6.99. The molecular formula is C39H39N3O3S. The molecule has 2 saturated carbocycles. The maximum atomic E-state index is 14.0. The maximum Gasteiger partial charge on any atom is 0.254 e. The fourth-order valence-electron chi connectivity index (χ4n) is 8.55. The zero-order valence-corrected chi connectivity index (χ0v) is 27.5. The largest absolute Gasteiger partial charge is 0.496 e. The third kappa shape index (κ3) is 4.34. The van der Waals surface area contributed by atoms with E-state index >= 15 is 0 Å². The number of benzene rings is 3. The highest BCUT2D eigenvalue weighted by atomic mass is 32.1. The van der Waals surface area contributed by atoms with Gasteiger partial charge in [-0.1, -0.05) is 37.6 Å². The second kappa shape index (κ2) is 10.5. The van der Waals surface area contributed by atoms with Crippen LogP contribution in [-0.2, 0) is 13.1 Å². The molecule has 7 heteroatoms. The summed E-state index contributed by atoms with van der Waals surface area (Å²) in [5.74, 6) is 2.83. The minimum atomic E-state index is 0.00978. The topological polar surface area (TPSA) is 63.6 Å². The average molecular weight is 630 g/mol. The van der Waals surface area contributed by atoms with Crippen LogP contribution in [0.2, 0.25) is 0 Å². The molecule has 2 bridgehead atoms. The Morgan fingerprint density at radius 1 is 1.02 bits per heavy atom. The first kappa shape index (κ1) is 28.1. The van der Waals surface area contributed by atoms with E-state index in [1.54, 1.807) is 18.4 Å². The van der Waals surface area contributed by atoms with Crippen LogP contribution in [-0.4, -0.2) is 41.0 Å². The van der Waals surface area contributed by atoms with Crippen molar-refractivity contribution in [2.45, 2.75) is 65.1 Å². The highest BCUT2D eigenvalue weighted by molar-refractivity contribution is 7.22. The van der Waals surface area contributed by atoms with E-state index in [2.05, 4.69) is 71.1 Å². The zero-order chi connectivity index (χ0) is 31.3. The van der Waals surface area contributed by atoms with E-state index in [0.29, 0.717) is 30.3 Å². The van der Waals surface area contributed by atoms with Crippen LogP contribution in [0.5, 0.6) is 5.75 Å². The first-order chi connectivity index (χ1) is 22.4. The van der Waals surface area contributed by atoms with Gasteiger partial charge >= 0.3 is 0 Å². The number of carbonyl (C=O) groups excluding carboxylic acids is 2. The maximum absolute atomic E-state index is 14.0. The molecule has 1 N–H and O–H groups in total. The van der Waals surface area contributed by atoms with E-state index in [1.165, 1.54) is 52.7 Å². The van der Waals surface area contributed by atoms with Gasteiger partial charge in [0.25, 0.3) is 11.8 Å². The number of fused-ring (bicyclic) bond motifs is 5. The Hall–Kier alpha value is -4.10. The van der Waals surface area contributed by atoms with E-state index in [1.807, 2.05) is 12.1 Å². The first-order valence-corrected chi connectivity index (χ1v) is 17.7. The quantitative estimate of drug-likeness (QED) is 0.205. The zero-order valence-electron chi connectivity index (χ0n) is 26.7. The molecule has 4 heterocycles. The lowest BCUT2D eigenvalue weighted by Crippen LogP contribution is -2.37. The van der Waals surface area contributed by atoms with Crippen LogP contribution in [0, 0.1) is 24.7 Å². The summed E-state index contributed by atoms with van der Waals surface area (Å²) in [6, 6.07) is 19.7. The van der Waals surface area contributed by atoms with Gasteiger partial charge in [0.1, 0.15) is 5.75 Å². The lowest BCUT2D eigenvalue weighted by Gasteiger charge is -2.29. The van der Waals surface area contributed by atoms with Crippen molar-refractivity contribution in [2.24, 2.45) is 17.8 Å². The fraction of sp³-hybridized carbons (Fsp3) is 0.385. The highest BCUT2D eigenvalue weighted by Gasteiger charge is 2.43. The monoisotopic (exact) mass is 629 g/mol. The summed E-state index contributed by atoms with van der Waals surface area (Å²) in [7, 11) is 1.72. The number of aromatic nitrogens is 1. The Bertz CT molecular complexity index is 2090. The van der Waals surface area contributed by atoms with Gasteiger partial charge in [-0.2, -0.15) is 0 Å². The Morgan fingerprint density at radius 3 is 2.65 bits per heavy atom. The molecule has 3 fully saturated rings. The number of amides is 2. The van der Waals surface area contributed by atoms with Crippen molar-refractivity contribution in [2.75, 3.05) is 13.7 Å². The molecule has 0 radical (unpaired) electrons. The minimum absolute atomic E-state index is 0.00978. The first-order valence-electron chi connectivity index (χ1n) is 16.8. The molecule has 3 unspecified atom stereocenters. The van der Waals surface area contributed by atoms with Crippen molar-refractivity contribution in [1.82, 2.24) is 14.8 Å². The van der Waals surface area contributed by atoms with Crippen LogP contribution in [0.1, 0.15) is 70.9 Å². The number of rotatable bonds is 6. The molecule has 3 aromatic carbocycles. The van der Waals surface area contributed by atoms with Crippen LogP contribution in [0.15, 0.2) is 54.6 Å². The normalized spacial score (nSPS) is 22.1. The van der Waals surface area contributed by atoms with Crippen molar-refractivity contribution in [3.05, 3.63) is 76.9 Å². The van der Waals surface area contributed by atoms with Gasteiger partial charge < -0.3 is 19.5 Å². The van der Waals surface area contributed by atoms with Crippen molar-refractivity contribution < 1.29 is 14.3 Å². The van der Waals surface area contributed by atoms with Gasteiger partial charge in [0.15, 0.2) is 0 Å². The smallest absolute Gasteiger partial charge is 0.254 e. The SMILES string of the molecule is COc1cc(C(=O)N2CC3CCCC2C3C)cc2sc(-c3cc4ccc(-c5ccc6c(c5)C(=O)NC6)cc4n3CC3CC3)c(C)c12. The summed E-state index contributed by atoms with van der Waals surface area (Å²) >= 11 is 1.78. The van der Waals surface area contributed by atoms with Gasteiger partial charge in [-0.05, 0) is 103 Å². The summed E-state index contributed by atoms with van der Waals surface area (Å²) in [5.41, 5.74) is 8.41. The van der Waals surface area contributed by atoms with Crippen molar-refractivity contribution >= 4 is 44.1 Å². The molecule has 6 nitrogen and oxygen atoms in total. The Balaban J connectivity index is 1.14. The standard InChI is InChI=1S/C39H39N3O3S/c1-21-28-5-4-6-31(21)42(20-28)39(44)29-16-34(45-3)36-22(2)37(46-35(36)17-29)33-15-26-11-9-25(14-32(26)41(33)19-23-7-8-23)24-10-12-27-18-40-38(43)30(27)13-24/h9-17,21,23,28,31H,4-8,18-20H2,1-3H3,(H,40,43). The second-order valence-corrected chi connectivity index (χ2v) is 15.1. The Labute approximate surface area is 273 Å². The molecule has 3 atom stereocenters. The van der Waals surface area contributed by atoms with Gasteiger partial charge in [0.2, 0.25) is 0 Å². The Morgan fingerprint density at radius 2 is 1.85 bits per heavy atom. The van der Waals surface area contributed by atoms with E-state index in [4.69, 9.17) is 4.74 Å².